The molecule has 0 bridgehead atoms. The van der Waals surface area contributed by atoms with E-state index in [1.54, 1.807) is 14.2 Å². The van der Waals surface area contributed by atoms with Crippen LogP contribution in [-0.4, -0.2) is 61.8 Å². The van der Waals surface area contributed by atoms with Gasteiger partial charge in [0.2, 0.25) is 0 Å². The Morgan fingerprint density at radius 1 is 1.00 bits per heavy atom. The lowest BCUT2D eigenvalue weighted by atomic mass is 9.98. The number of aromatic nitrogens is 1. The molecule has 0 spiro atoms. The van der Waals surface area contributed by atoms with Crippen molar-refractivity contribution in [1.29, 1.82) is 5.41 Å². The number of hydrogen-bond acceptors (Lipinski definition) is 5. The van der Waals surface area contributed by atoms with Crippen LogP contribution in [0.5, 0.6) is 5.75 Å². The Morgan fingerprint density at radius 2 is 1.64 bits per heavy atom. The van der Waals surface area contributed by atoms with Gasteiger partial charge in [0.1, 0.15) is 17.4 Å². The third-order valence-electron chi connectivity index (χ3n) is 5.84. The van der Waals surface area contributed by atoms with Gasteiger partial charge in [-0.15, -0.1) is 0 Å². The lowest BCUT2D eigenvalue weighted by Gasteiger charge is -2.37. The van der Waals surface area contributed by atoms with Crippen LogP contribution in [-0.2, 0) is 6.18 Å². The highest BCUT2D eigenvalue weighted by Crippen LogP contribution is 2.29. The van der Waals surface area contributed by atoms with Gasteiger partial charge in [-0.2, -0.15) is 13.2 Å². The van der Waals surface area contributed by atoms with Crippen molar-refractivity contribution in [2.24, 2.45) is 4.99 Å². The summed E-state index contributed by atoms with van der Waals surface area (Å²) >= 11 is 0. The van der Waals surface area contributed by atoms with Crippen molar-refractivity contribution in [1.82, 2.24) is 9.88 Å². The first-order chi connectivity index (χ1) is 15.7. The van der Waals surface area contributed by atoms with Gasteiger partial charge in [-0.3, -0.25) is 10.4 Å². The van der Waals surface area contributed by atoms with Gasteiger partial charge in [0, 0.05) is 39.4 Å². The molecule has 176 valence electrons. The molecule has 1 fully saturated rings. The first-order valence-corrected chi connectivity index (χ1v) is 10.6. The Morgan fingerprint density at radius 3 is 2.12 bits per heavy atom. The zero-order valence-electron chi connectivity index (χ0n) is 19.2. The fourth-order valence-electron chi connectivity index (χ4n) is 3.76. The zero-order valence-corrected chi connectivity index (χ0v) is 19.2. The number of amidine groups is 1. The van der Waals surface area contributed by atoms with Crippen molar-refractivity contribution in [3.8, 4) is 5.75 Å². The average molecular weight is 460 g/mol. The predicted octanol–water partition coefficient (Wildman–Crippen LogP) is 4.66. The van der Waals surface area contributed by atoms with Crippen molar-refractivity contribution in [2.45, 2.75) is 20.0 Å². The molecule has 1 aromatic heterocycles. The van der Waals surface area contributed by atoms with Gasteiger partial charge in [-0.1, -0.05) is 0 Å². The summed E-state index contributed by atoms with van der Waals surface area (Å²) in [7, 11) is 3.33. The van der Waals surface area contributed by atoms with E-state index in [0.29, 0.717) is 37.7 Å². The second-order valence-electron chi connectivity index (χ2n) is 7.78. The van der Waals surface area contributed by atoms with Gasteiger partial charge in [0.15, 0.2) is 0 Å². The minimum atomic E-state index is -4.39. The molecule has 0 unspecified atom stereocenters. The van der Waals surface area contributed by atoms with E-state index in [1.165, 1.54) is 6.07 Å². The van der Waals surface area contributed by atoms with E-state index in [9.17, 15) is 13.2 Å². The van der Waals surface area contributed by atoms with E-state index in [1.807, 2.05) is 43.0 Å². The molecular formula is C24H28F3N5O. The lowest BCUT2D eigenvalue weighted by Crippen LogP contribution is -2.49. The quantitative estimate of drug-likeness (QED) is 0.522. The maximum atomic E-state index is 12.8. The first-order valence-electron chi connectivity index (χ1n) is 10.6. The minimum absolute atomic E-state index is 0.420. The maximum absolute atomic E-state index is 12.8. The van der Waals surface area contributed by atoms with Crippen LogP contribution in [0.1, 0.15) is 25.0 Å². The zero-order chi connectivity index (χ0) is 24.2. The van der Waals surface area contributed by atoms with Crippen LogP contribution in [0.4, 0.5) is 19.0 Å². The number of halogens is 3. The summed E-state index contributed by atoms with van der Waals surface area (Å²) in [5, 5.41) is 8.61. The van der Waals surface area contributed by atoms with Gasteiger partial charge in [0.25, 0.3) is 0 Å². The van der Waals surface area contributed by atoms with E-state index < -0.39 is 11.7 Å². The Hall–Kier alpha value is -3.36. The highest BCUT2D eigenvalue weighted by atomic mass is 19.4. The number of pyridine rings is 1. The normalized spacial score (nSPS) is 15.9. The molecule has 0 saturated carbocycles. The molecule has 0 atom stereocenters. The fraction of sp³-hybridized carbons (Fsp3) is 0.375. The van der Waals surface area contributed by atoms with Crippen LogP contribution < -0.4 is 9.64 Å². The number of alkyl halides is 3. The van der Waals surface area contributed by atoms with Gasteiger partial charge in [0.05, 0.1) is 18.4 Å². The molecule has 3 rings (SSSR count). The second-order valence-corrected chi connectivity index (χ2v) is 7.78. The van der Waals surface area contributed by atoms with Crippen molar-refractivity contribution >= 4 is 17.4 Å². The lowest BCUT2D eigenvalue weighted by molar-refractivity contribution is -0.137. The molecule has 33 heavy (non-hydrogen) atoms. The summed E-state index contributed by atoms with van der Waals surface area (Å²) in [5.74, 6) is 2.08. The summed E-state index contributed by atoms with van der Waals surface area (Å²) in [6.45, 7) is 6.39. The molecule has 0 amide bonds. The van der Waals surface area contributed by atoms with E-state index in [-0.39, 0.29) is 0 Å². The van der Waals surface area contributed by atoms with Crippen LogP contribution in [0, 0.1) is 5.41 Å². The number of benzene rings is 1. The van der Waals surface area contributed by atoms with Crippen molar-refractivity contribution in [2.75, 3.05) is 45.2 Å². The maximum Gasteiger partial charge on any atom is 0.417 e. The van der Waals surface area contributed by atoms with Gasteiger partial charge in [-0.25, -0.2) is 4.98 Å². The smallest absolute Gasteiger partial charge is 0.417 e. The largest absolute Gasteiger partial charge is 0.497 e. The number of ether oxygens (including phenoxy) is 1. The van der Waals surface area contributed by atoms with E-state index >= 15 is 0 Å². The molecule has 1 N–H and O–H groups in total. The molecule has 1 saturated heterocycles. The number of methoxy groups -OCH3 is 1. The molecule has 1 aliphatic rings. The highest BCUT2D eigenvalue weighted by molar-refractivity contribution is 6.15. The predicted molar refractivity (Wildman–Crippen MR) is 125 cm³/mol. The summed E-state index contributed by atoms with van der Waals surface area (Å²) in [4.78, 5) is 12.6. The van der Waals surface area contributed by atoms with Crippen molar-refractivity contribution < 1.29 is 17.9 Å². The van der Waals surface area contributed by atoms with Crippen molar-refractivity contribution in [3.63, 3.8) is 0 Å². The summed E-state index contributed by atoms with van der Waals surface area (Å²) in [5.41, 5.74) is 2.21. The van der Waals surface area contributed by atoms with Gasteiger partial charge >= 0.3 is 6.18 Å². The summed E-state index contributed by atoms with van der Waals surface area (Å²) in [6, 6.07) is 9.85. The average Bonchev–Trinajstić information content (AvgIpc) is 2.83. The Bertz CT molecular complexity index is 1040. The topological polar surface area (TPSA) is 64.8 Å². The van der Waals surface area contributed by atoms with Crippen LogP contribution >= 0.6 is 0 Å². The minimum Gasteiger partial charge on any atom is -0.497 e. The highest BCUT2D eigenvalue weighted by Gasteiger charge is 2.31. The number of allylic oxidation sites excluding steroid dienone is 1. The SMILES string of the molecule is C/N=C(\C(C)=C(\C)C(=N)c1ccc(OC)cc1)N1CCN(c2ccc(C(F)(F)F)cn2)CC1. The third kappa shape index (κ3) is 5.53. The number of hydrogen-bond donors (Lipinski definition) is 1. The van der Waals surface area contributed by atoms with Crippen molar-refractivity contribution in [3.05, 3.63) is 64.9 Å². The molecular weight excluding hydrogens is 431 g/mol. The van der Waals surface area contributed by atoms with Gasteiger partial charge in [-0.05, 0) is 67.0 Å². The Kier molecular flexibility index (Phi) is 7.40. The third-order valence-corrected chi connectivity index (χ3v) is 5.84. The number of piperazine rings is 1. The van der Waals surface area contributed by atoms with Crippen LogP contribution in [0.3, 0.4) is 0 Å². The number of nitrogens with one attached hydrogen (secondary N) is 1. The van der Waals surface area contributed by atoms with Crippen LogP contribution in [0.25, 0.3) is 0 Å². The van der Waals surface area contributed by atoms with E-state index in [2.05, 4.69) is 14.9 Å². The molecule has 0 radical (unpaired) electrons. The molecule has 2 aromatic rings. The fourth-order valence-corrected chi connectivity index (χ4v) is 3.76. The molecule has 1 aliphatic heterocycles. The molecule has 2 heterocycles. The van der Waals surface area contributed by atoms with Crippen LogP contribution in [0.2, 0.25) is 0 Å². The molecule has 9 heteroatoms. The second kappa shape index (κ2) is 10.1. The number of anilines is 1. The van der Waals surface area contributed by atoms with E-state index in [0.717, 1.165) is 40.6 Å². The van der Waals surface area contributed by atoms with Crippen LogP contribution in [0.15, 0.2) is 58.7 Å². The monoisotopic (exact) mass is 459 g/mol. The molecule has 6 nitrogen and oxygen atoms in total. The number of rotatable bonds is 5. The Labute approximate surface area is 191 Å². The standard InChI is InChI=1S/C24H28F3N5O/c1-16(22(28)18-5-8-20(33-4)9-6-18)17(2)23(29-3)32-13-11-31(12-14-32)21-10-7-19(15-30-21)24(25,26)27/h5-10,15,28H,11-14H2,1-4H3/b17-16-,28-22?,29-23+. The summed E-state index contributed by atoms with van der Waals surface area (Å²) < 4.78 is 43.5. The molecule has 0 aliphatic carbocycles. The number of aliphatic imine (C=N–C) groups is 1. The molecule has 1 aromatic carbocycles. The number of nitrogens with zero attached hydrogens (tertiary/aromatic N) is 4. The first kappa shape index (κ1) is 24.3. The summed E-state index contributed by atoms with van der Waals surface area (Å²) in [6.07, 6.45) is -3.51. The van der Waals surface area contributed by atoms with Gasteiger partial charge < -0.3 is 14.5 Å². The van der Waals surface area contributed by atoms with E-state index in [4.69, 9.17) is 10.1 Å². The Balaban J connectivity index is 1.69.